The topological polar surface area (TPSA) is 94.9 Å². The number of hydrogen-bond acceptors (Lipinski definition) is 4. The van der Waals surface area contributed by atoms with Crippen molar-refractivity contribution in [2.45, 2.75) is 13.8 Å². The van der Waals surface area contributed by atoms with Crippen molar-refractivity contribution in [1.29, 1.82) is 5.26 Å². The van der Waals surface area contributed by atoms with Gasteiger partial charge in [0.15, 0.2) is 0 Å². The van der Waals surface area contributed by atoms with Crippen LogP contribution in [-0.4, -0.2) is 16.8 Å². The predicted molar refractivity (Wildman–Crippen MR) is 107 cm³/mol. The summed E-state index contributed by atoms with van der Waals surface area (Å²) < 4.78 is 0. The van der Waals surface area contributed by atoms with Crippen LogP contribution in [0, 0.1) is 25.2 Å². The Morgan fingerprint density at radius 2 is 1.39 bits per heavy atom. The molecule has 0 saturated heterocycles. The summed E-state index contributed by atoms with van der Waals surface area (Å²) in [6.07, 6.45) is 0. The predicted octanol–water partition coefficient (Wildman–Crippen LogP) is 4.07. The molecule has 0 atom stereocenters. The highest BCUT2D eigenvalue weighted by atomic mass is 16.2. The minimum Gasteiger partial charge on any atom is -0.321 e. The van der Waals surface area contributed by atoms with Crippen molar-refractivity contribution in [3.63, 3.8) is 0 Å². The van der Waals surface area contributed by atoms with Crippen LogP contribution in [0.2, 0.25) is 0 Å². The summed E-state index contributed by atoms with van der Waals surface area (Å²) >= 11 is 0. The molecule has 0 aliphatic rings. The smallest absolute Gasteiger partial charge is 0.274 e. The first-order valence-corrected chi connectivity index (χ1v) is 8.63. The zero-order valence-electron chi connectivity index (χ0n) is 15.5. The van der Waals surface area contributed by atoms with E-state index in [9.17, 15) is 9.59 Å². The number of rotatable bonds is 4. The molecule has 2 amide bonds. The van der Waals surface area contributed by atoms with E-state index in [-0.39, 0.29) is 11.4 Å². The number of nitrogens with one attached hydrogen (secondary N) is 2. The molecule has 0 aliphatic carbocycles. The van der Waals surface area contributed by atoms with Crippen LogP contribution < -0.4 is 10.6 Å². The Morgan fingerprint density at radius 3 is 1.96 bits per heavy atom. The summed E-state index contributed by atoms with van der Waals surface area (Å²) in [4.78, 5) is 29.1. The van der Waals surface area contributed by atoms with Gasteiger partial charge in [-0.25, -0.2) is 4.98 Å². The number of aromatic nitrogens is 1. The fraction of sp³-hybridized carbons (Fsp3) is 0.0909. The maximum Gasteiger partial charge on any atom is 0.274 e. The van der Waals surface area contributed by atoms with E-state index in [1.54, 1.807) is 36.4 Å². The third-order valence-electron chi connectivity index (χ3n) is 4.25. The van der Waals surface area contributed by atoms with Crippen molar-refractivity contribution in [3.05, 3.63) is 88.7 Å². The van der Waals surface area contributed by atoms with Gasteiger partial charge in [-0.2, -0.15) is 5.26 Å². The van der Waals surface area contributed by atoms with Gasteiger partial charge in [-0.1, -0.05) is 12.1 Å². The van der Waals surface area contributed by atoms with Crippen molar-refractivity contribution >= 4 is 23.2 Å². The third kappa shape index (κ3) is 4.40. The van der Waals surface area contributed by atoms with E-state index < -0.39 is 11.8 Å². The van der Waals surface area contributed by atoms with Crippen LogP contribution in [0.15, 0.2) is 60.7 Å². The number of carbonyl (C=O) groups excluding carboxylic acids is 2. The number of nitrogens with zero attached hydrogens (tertiary/aromatic N) is 2. The molecule has 0 bridgehead atoms. The Hall–Kier alpha value is -3.98. The number of benzene rings is 2. The lowest BCUT2D eigenvalue weighted by atomic mass is 10.1. The molecule has 138 valence electrons. The zero-order valence-corrected chi connectivity index (χ0v) is 15.5. The number of hydrogen-bond donors (Lipinski definition) is 2. The highest BCUT2D eigenvalue weighted by molar-refractivity contribution is 6.06. The van der Waals surface area contributed by atoms with Gasteiger partial charge in [-0.3, -0.25) is 9.59 Å². The third-order valence-corrected chi connectivity index (χ3v) is 4.25. The number of nitriles is 1. The highest BCUT2D eigenvalue weighted by Crippen LogP contribution is 2.15. The number of aryl methyl sites for hydroxylation is 2. The molecular formula is C22H18N4O2. The molecule has 6 heteroatoms. The van der Waals surface area contributed by atoms with E-state index in [0.29, 0.717) is 16.9 Å². The molecule has 0 aliphatic heterocycles. The van der Waals surface area contributed by atoms with Crippen LogP contribution in [0.25, 0.3) is 0 Å². The Kier molecular flexibility index (Phi) is 5.47. The van der Waals surface area contributed by atoms with Crippen molar-refractivity contribution in [2.75, 3.05) is 10.6 Å². The van der Waals surface area contributed by atoms with Gasteiger partial charge in [0.25, 0.3) is 11.8 Å². The number of carbonyl (C=O) groups is 2. The molecule has 1 heterocycles. The van der Waals surface area contributed by atoms with E-state index in [1.807, 2.05) is 38.1 Å². The van der Waals surface area contributed by atoms with E-state index in [0.717, 1.165) is 11.1 Å². The first-order chi connectivity index (χ1) is 13.5. The van der Waals surface area contributed by atoms with Crippen molar-refractivity contribution < 1.29 is 9.59 Å². The maximum atomic E-state index is 12.5. The van der Waals surface area contributed by atoms with Crippen LogP contribution in [0.4, 0.5) is 11.4 Å². The molecule has 0 saturated carbocycles. The standard InChI is InChI=1S/C22H18N4O2/c1-14-6-9-18(12-15(14)2)25-22(28)20-5-3-4-19(26-20)21(27)24-17-10-7-16(13-23)8-11-17/h3-12H,1-2H3,(H,24,27)(H,25,28). The average molecular weight is 370 g/mol. The molecule has 0 fully saturated rings. The van der Waals surface area contributed by atoms with E-state index >= 15 is 0 Å². The Labute approximate surface area is 162 Å². The fourth-order valence-electron chi connectivity index (χ4n) is 2.53. The molecule has 0 radical (unpaired) electrons. The second-order valence-electron chi connectivity index (χ2n) is 6.30. The highest BCUT2D eigenvalue weighted by Gasteiger charge is 2.13. The van der Waals surface area contributed by atoms with Gasteiger partial charge >= 0.3 is 0 Å². The number of pyridine rings is 1. The lowest BCUT2D eigenvalue weighted by molar-refractivity contribution is 0.101. The summed E-state index contributed by atoms with van der Waals surface area (Å²) in [5.74, 6) is -0.832. The summed E-state index contributed by atoms with van der Waals surface area (Å²) in [5.41, 5.74) is 4.18. The second kappa shape index (κ2) is 8.14. The maximum absolute atomic E-state index is 12.5. The largest absolute Gasteiger partial charge is 0.321 e. The summed E-state index contributed by atoms with van der Waals surface area (Å²) in [6, 6.07) is 18.8. The van der Waals surface area contributed by atoms with Gasteiger partial charge in [0, 0.05) is 11.4 Å². The van der Waals surface area contributed by atoms with Gasteiger partial charge in [0.05, 0.1) is 11.6 Å². The van der Waals surface area contributed by atoms with Crippen LogP contribution in [0.3, 0.4) is 0 Å². The first kappa shape index (κ1) is 18.8. The molecule has 28 heavy (non-hydrogen) atoms. The molecule has 6 nitrogen and oxygen atoms in total. The minimum atomic E-state index is -0.439. The molecule has 0 spiro atoms. The molecule has 0 unspecified atom stereocenters. The van der Waals surface area contributed by atoms with Gasteiger partial charge in [-0.15, -0.1) is 0 Å². The van der Waals surface area contributed by atoms with Gasteiger partial charge in [0.1, 0.15) is 11.4 Å². The Balaban J connectivity index is 1.73. The van der Waals surface area contributed by atoms with Crippen LogP contribution in [0.5, 0.6) is 0 Å². The zero-order chi connectivity index (χ0) is 20.1. The van der Waals surface area contributed by atoms with Gasteiger partial charge in [-0.05, 0) is 73.5 Å². The molecular weight excluding hydrogens is 352 g/mol. The van der Waals surface area contributed by atoms with E-state index in [4.69, 9.17) is 5.26 Å². The monoisotopic (exact) mass is 370 g/mol. The van der Waals surface area contributed by atoms with Crippen LogP contribution in [0.1, 0.15) is 37.7 Å². The summed E-state index contributed by atoms with van der Waals surface area (Å²) in [7, 11) is 0. The van der Waals surface area contributed by atoms with Gasteiger partial charge in [0.2, 0.25) is 0 Å². The molecule has 3 rings (SSSR count). The second-order valence-corrected chi connectivity index (χ2v) is 6.30. The lowest BCUT2D eigenvalue weighted by Crippen LogP contribution is -2.18. The first-order valence-electron chi connectivity index (χ1n) is 8.63. The summed E-state index contributed by atoms with van der Waals surface area (Å²) in [5, 5.41) is 14.3. The Bertz CT molecular complexity index is 1080. The summed E-state index contributed by atoms with van der Waals surface area (Å²) in [6.45, 7) is 3.97. The van der Waals surface area contributed by atoms with Crippen molar-refractivity contribution in [3.8, 4) is 6.07 Å². The fourth-order valence-corrected chi connectivity index (χ4v) is 2.53. The normalized spacial score (nSPS) is 10.0. The Morgan fingerprint density at radius 1 is 0.821 bits per heavy atom. The minimum absolute atomic E-state index is 0.122. The van der Waals surface area contributed by atoms with Crippen LogP contribution in [-0.2, 0) is 0 Å². The SMILES string of the molecule is Cc1ccc(NC(=O)c2cccc(C(=O)Nc3ccc(C#N)cc3)n2)cc1C. The van der Waals surface area contributed by atoms with E-state index in [2.05, 4.69) is 15.6 Å². The van der Waals surface area contributed by atoms with Crippen molar-refractivity contribution in [2.24, 2.45) is 0 Å². The molecule has 2 aromatic carbocycles. The molecule has 2 N–H and O–H groups in total. The van der Waals surface area contributed by atoms with Crippen molar-refractivity contribution in [1.82, 2.24) is 4.98 Å². The lowest BCUT2D eigenvalue weighted by Gasteiger charge is -2.09. The van der Waals surface area contributed by atoms with Crippen LogP contribution >= 0.6 is 0 Å². The number of anilines is 2. The molecule has 3 aromatic rings. The quantitative estimate of drug-likeness (QED) is 0.723. The number of amides is 2. The molecule has 1 aromatic heterocycles. The van der Waals surface area contributed by atoms with Gasteiger partial charge < -0.3 is 10.6 Å². The average Bonchev–Trinajstić information content (AvgIpc) is 2.71. The van der Waals surface area contributed by atoms with E-state index in [1.165, 1.54) is 6.07 Å².